The van der Waals surface area contributed by atoms with E-state index in [-0.39, 0.29) is 18.5 Å². The number of hydrogen-bond donors (Lipinski definition) is 1. The van der Waals surface area contributed by atoms with Gasteiger partial charge < -0.3 is 5.11 Å². The Bertz CT molecular complexity index is 417. The van der Waals surface area contributed by atoms with Crippen LogP contribution in [-0.4, -0.2) is 33.5 Å². The van der Waals surface area contributed by atoms with Crippen molar-refractivity contribution in [3.05, 3.63) is 15.6 Å². The zero-order chi connectivity index (χ0) is 13.9. The number of aryl methyl sites for hydroxylation is 2. The highest BCUT2D eigenvalue weighted by atomic mass is 32.1. The number of hydrogen-bond acceptors (Lipinski definition) is 4. The molecule has 0 bridgehead atoms. The predicted octanol–water partition coefficient (Wildman–Crippen LogP) is 3.01. The van der Waals surface area contributed by atoms with E-state index < -0.39 is 5.97 Å². The van der Waals surface area contributed by atoms with Crippen LogP contribution in [0.15, 0.2) is 0 Å². The summed E-state index contributed by atoms with van der Waals surface area (Å²) in [5.41, 5.74) is 1.06. The molecule has 0 spiro atoms. The summed E-state index contributed by atoms with van der Waals surface area (Å²) < 4.78 is 0. The maximum atomic E-state index is 10.8. The first-order chi connectivity index (χ1) is 8.36. The Kier molecular flexibility index (Phi) is 5.28. The topological polar surface area (TPSA) is 53.4 Å². The molecule has 4 nitrogen and oxygen atoms in total. The molecule has 1 N–H and O–H groups in total. The standard InChI is InChI=1S/C13H22N2O2S/c1-6-15(8(2)7-12(16)17)10(4)13-9(3)14-11(5)18-13/h8,10H,6-7H2,1-5H3,(H,16,17). The molecule has 1 aromatic heterocycles. The summed E-state index contributed by atoms with van der Waals surface area (Å²) in [6.45, 7) is 11.0. The number of aromatic nitrogens is 1. The van der Waals surface area contributed by atoms with Crippen LogP contribution in [0.3, 0.4) is 0 Å². The fourth-order valence-electron chi connectivity index (χ4n) is 2.42. The Hall–Kier alpha value is -0.940. The van der Waals surface area contributed by atoms with Gasteiger partial charge in [0.25, 0.3) is 0 Å². The lowest BCUT2D eigenvalue weighted by Crippen LogP contribution is -2.36. The normalized spacial score (nSPS) is 14.8. The predicted molar refractivity (Wildman–Crippen MR) is 74.1 cm³/mol. The van der Waals surface area contributed by atoms with Gasteiger partial charge in [0, 0.05) is 17.0 Å². The van der Waals surface area contributed by atoms with E-state index in [0.29, 0.717) is 0 Å². The second kappa shape index (κ2) is 6.29. The average molecular weight is 270 g/mol. The molecule has 2 atom stereocenters. The molecule has 2 unspecified atom stereocenters. The van der Waals surface area contributed by atoms with E-state index in [2.05, 4.69) is 23.7 Å². The van der Waals surface area contributed by atoms with E-state index >= 15 is 0 Å². The van der Waals surface area contributed by atoms with Crippen LogP contribution in [0.5, 0.6) is 0 Å². The Morgan fingerprint density at radius 2 is 2.06 bits per heavy atom. The van der Waals surface area contributed by atoms with E-state index in [1.165, 1.54) is 4.88 Å². The minimum atomic E-state index is -0.745. The lowest BCUT2D eigenvalue weighted by molar-refractivity contribution is -0.138. The number of thiazole rings is 1. The second-order valence-electron chi connectivity index (χ2n) is 4.64. The van der Waals surface area contributed by atoms with Crippen LogP contribution in [0.25, 0.3) is 0 Å². The molecule has 1 rings (SSSR count). The molecule has 5 heteroatoms. The molecule has 0 saturated carbocycles. The van der Waals surface area contributed by atoms with Gasteiger partial charge in [0.15, 0.2) is 0 Å². The fourth-order valence-corrected chi connectivity index (χ4v) is 3.42. The maximum Gasteiger partial charge on any atom is 0.304 e. The van der Waals surface area contributed by atoms with Gasteiger partial charge in [0.2, 0.25) is 0 Å². The molecular formula is C13H22N2O2S. The van der Waals surface area contributed by atoms with Gasteiger partial charge in [-0.05, 0) is 34.2 Å². The zero-order valence-electron chi connectivity index (χ0n) is 11.7. The molecule has 0 aliphatic heterocycles. The lowest BCUT2D eigenvalue weighted by atomic mass is 10.1. The van der Waals surface area contributed by atoms with Crippen molar-refractivity contribution < 1.29 is 9.90 Å². The van der Waals surface area contributed by atoms with Crippen molar-refractivity contribution in [3.63, 3.8) is 0 Å². The van der Waals surface area contributed by atoms with Crippen LogP contribution in [0.2, 0.25) is 0 Å². The summed E-state index contributed by atoms with van der Waals surface area (Å²) in [4.78, 5) is 18.7. The van der Waals surface area contributed by atoms with Crippen molar-refractivity contribution in [2.75, 3.05) is 6.54 Å². The van der Waals surface area contributed by atoms with Crippen LogP contribution in [0.4, 0.5) is 0 Å². The Morgan fingerprint density at radius 1 is 1.44 bits per heavy atom. The van der Waals surface area contributed by atoms with Crippen molar-refractivity contribution in [2.45, 2.75) is 53.1 Å². The number of aliphatic carboxylic acids is 1. The van der Waals surface area contributed by atoms with E-state index in [4.69, 9.17) is 5.11 Å². The monoisotopic (exact) mass is 270 g/mol. The summed E-state index contributed by atoms with van der Waals surface area (Å²) in [5.74, 6) is -0.745. The Balaban J connectivity index is 2.88. The average Bonchev–Trinajstić information content (AvgIpc) is 2.57. The lowest BCUT2D eigenvalue weighted by Gasteiger charge is -2.32. The fraction of sp³-hybridized carbons (Fsp3) is 0.692. The van der Waals surface area contributed by atoms with Gasteiger partial charge >= 0.3 is 5.97 Å². The first kappa shape index (κ1) is 15.1. The highest BCUT2D eigenvalue weighted by Gasteiger charge is 2.24. The summed E-state index contributed by atoms with van der Waals surface area (Å²) >= 11 is 1.70. The number of carbonyl (C=O) groups is 1. The molecular weight excluding hydrogens is 248 g/mol. The summed E-state index contributed by atoms with van der Waals surface area (Å²) in [6, 6.07) is 0.250. The third-order valence-corrected chi connectivity index (χ3v) is 4.46. The van der Waals surface area contributed by atoms with Gasteiger partial charge in [0.05, 0.1) is 17.1 Å². The molecule has 1 heterocycles. The maximum absolute atomic E-state index is 10.8. The van der Waals surface area contributed by atoms with Gasteiger partial charge in [-0.1, -0.05) is 6.92 Å². The van der Waals surface area contributed by atoms with Gasteiger partial charge in [-0.3, -0.25) is 9.69 Å². The van der Waals surface area contributed by atoms with E-state index in [0.717, 1.165) is 17.2 Å². The van der Waals surface area contributed by atoms with Crippen LogP contribution in [0.1, 0.15) is 48.8 Å². The van der Waals surface area contributed by atoms with Gasteiger partial charge in [-0.2, -0.15) is 0 Å². The van der Waals surface area contributed by atoms with Crippen molar-refractivity contribution in [1.29, 1.82) is 0 Å². The number of nitrogens with zero attached hydrogens (tertiary/aromatic N) is 2. The molecule has 0 aliphatic carbocycles. The number of rotatable bonds is 6. The Labute approximate surface area is 113 Å². The number of carboxylic acids is 1. The highest BCUT2D eigenvalue weighted by Crippen LogP contribution is 2.30. The van der Waals surface area contributed by atoms with Crippen LogP contribution in [-0.2, 0) is 4.79 Å². The first-order valence-electron chi connectivity index (χ1n) is 6.28. The van der Waals surface area contributed by atoms with Crippen molar-refractivity contribution in [3.8, 4) is 0 Å². The molecule has 102 valence electrons. The molecule has 0 aliphatic rings. The minimum absolute atomic E-state index is 0.0318. The zero-order valence-corrected chi connectivity index (χ0v) is 12.5. The molecule has 0 fully saturated rings. The van der Waals surface area contributed by atoms with E-state index in [9.17, 15) is 4.79 Å². The third kappa shape index (κ3) is 3.53. The second-order valence-corrected chi connectivity index (χ2v) is 5.87. The van der Waals surface area contributed by atoms with Crippen LogP contribution in [0, 0.1) is 13.8 Å². The van der Waals surface area contributed by atoms with E-state index in [1.54, 1.807) is 11.3 Å². The molecule has 0 aromatic carbocycles. The van der Waals surface area contributed by atoms with Crippen molar-refractivity contribution in [1.82, 2.24) is 9.88 Å². The van der Waals surface area contributed by atoms with E-state index in [1.807, 2.05) is 20.8 Å². The summed E-state index contributed by atoms with van der Waals surface area (Å²) in [6.07, 6.45) is 0.176. The largest absolute Gasteiger partial charge is 0.481 e. The van der Waals surface area contributed by atoms with Gasteiger partial charge in [-0.15, -0.1) is 11.3 Å². The van der Waals surface area contributed by atoms with Crippen LogP contribution < -0.4 is 0 Å². The molecule has 1 aromatic rings. The molecule has 0 amide bonds. The Morgan fingerprint density at radius 3 is 2.44 bits per heavy atom. The van der Waals surface area contributed by atoms with Crippen molar-refractivity contribution >= 4 is 17.3 Å². The summed E-state index contributed by atoms with van der Waals surface area (Å²) in [5, 5.41) is 9.97. The van der Waals surface area contributed by atoms with Gasteiger partial charge in [0.1, 0.15) is 0 Å². The third-order valence-electron chi connectivity index (χ3n) is 3.22. The first-order valence-corrected chi connectivity index (χ1v) is 7.09. The molecule has 0 radical (unpaired) electrons. The van der Waals surface area contributed by atoms with Gasteiger partial charge in [-0.25, -0.2) is 4.98 Å². The van der Waals surface area contributed by atoms with Crippen LogP contribution >= 0.6 is 11.3 Å². The summed E-state index contributed by atoms with van der Waals surface area (Å²) in [7, 11) is 0. The quantitative estimate of drug-likeness (QED) is 0.863. The SMILES string of the molecule is CCN(C(C)CC(=O)O)C(C)c1sc(C)nc1C. The highest BCUT2D eigenvalue weighted by molar-refractivity contribution is 7.11. The van der Waals surface area contributed by atoms with Crippen molar-refractivity contribution in [2.24, 2.45) is 0 Å². The minimum Gasteiger partial charge on any atom is -0.481 e. The molecule has 18 heavy (non-hydrogen) atoms. The smallest absolute Gasteiger partial charge is 0.304 e. The number of carboxylic acid groups (broad SMARTS) is 1. The molecule has 0 saturated heterocycles.